The first-order valence-electron chi connectivity index (χ1n) is 11.2. The number of aliphatic carboxylic acids is 1. The minimum absolute atomic E-state index is 0.0446. The highest BCUT2D eigenvalue weighted by atomic mass is 19.4. The van der Waals surface area contributed by atoms with Crippen LogP contribution >= 0.6 is 0 Å². The van der Waals surface area contributed by atoms with E-state index in [1.807, 2.05) is 0 Å². The Balaban J connectivity index is 1.70. The van der Waals surface area contributed by atoms with Crippen LogP contribution in [0.15, 0.2) is 52.9 Å². The summed E-state index contributed by atoms with van der Waals surface area (Å²) in [6.07, 6.45) is -3.49. The van der Waals surface area contributed by atoms with Gasteiger partial charge in [0.2, 0.25) is 5.89 Å². The van der Waals surface area contributed by atoms with Gasteiger partial charge in [0.1, 0.15) is 0 Å². The largest absolute Gasteiger partial charge is 0.481 e. The molecule has 0 amide bonds. The van der Waals surface area contributed by atoms with Gasteiger partial charge in [-0.1, -0.05) is 26.0 Å². The van der Waals surface area contributed by atoms with E-state index in [1.165, 1.54) is 0 Å². The Morgan fingerprint density at radius 3 is 2.20 bits per heavy atom. The normalized spacial score (nSPS) is 12.5. The summed E-state index contributed by atoms with van der Waals surface area (Å²) < 4.78 is 42.9. The van der Waals surface area contributed by atoms with Gasteiger partial charge >= 0.3 is 18.0 Å². The van der Waals surface area contributed by atoms with Crippen molar-refractivity contribution in [1.82, 2.24) is 10.2 Å². The van der Waals surface area contributed by atoms with Gasteiger partial charge in [0.15, 0.2) is 5.78 Å². The molecule has 2 N–H and O–H groups in total. The first-order valence-corrected chi connectivity index (χ1v) is 11.2. The number of hydrogen-bond donors (Lipinski definition) is 2. The van der Waals surface area contributed by atoms with E-state index in [2.05, 4.69) is 29.4 Å². The molecule has 35 heavy (non-hydrogen) atoms. The minimum Gasteiger partial charge on any atom is -0.481 e. The molecule has 186 valence electrons. The number of ketones is 1. The highest BCUT2D eigenvalue weighted by Crippen LogP contribution is 2.32. The monoisotopic (exact) mass is 489 g/mol. The third-order valence-electron chi connectivity index (χ3n) is 5.28. The van der Waals surface area contributed by atoms with Crippen LogP contribution in [0.5, 0.6) is 0 Å². The van der Waals surface area contributed by atoms with Gasteiger partial charge in [0.25, 0.3) is 0 Å². The molecule has 0 aliphatic heterocycles. The minimum atomic E-state index is -4.70. The molecule has 0 bridgehead atoms. The van der Waals surface area contributed by atoms with Crippen LogP contribution < -0.4 is 5.32 Å². The fraction of sp³-hybridized carbons (Fsp3) is 0.360. The lowest BCUT2D eigenvalue weighted by Gasteiger charge is -2.22. The molecular formula is C25H26F3N3O4. The Morgan fingerprint density at radius 1 is 1.00 bits per heavy atom. The molecule has 1 heterocycles. The van der Waals surface area contributed by atoms with Crippen molar-refractivity contribution in [2.24, 2.45) is 5.92 Å². The average molecular weight is 489 g/mol. The quantitative estimate of drug-likeness (QED) is 0.301. The molecule has 3 aromatic rings. The van der Waals surface area contributed by atoms with Crippen molar-refractivity contribution in [3.05, 3.63) is 65.5 Å². The van der Waals surface area contributed by atoms with E-state index in [9.17, 15) is 22.8 Å². The van der Waals surface area contributed by atoms with Crippen LogP contribution in [0.3, 0.4) is 0 Å². The fourth-order valence-electron chi connectivity index (χ4n) is 3.56. The molecule has 0 aliphatic carbocycles. The third-order valence-corrected chi connectivity index (χ3v) is 5.28. The number of rotatable bonds is 11. The predicted molar refractivity (Wildman–Crippen MR) is 123 cm³/mol. The lowest BCUT2D eigenvalue weighted by molar-refractivity contribution is -0.157. The Labute approximate surface area is 200 Å². The number of carboxylic acid groups (broad SMARTS) is 1. The maximum Gasteiger partial charge on any atom is 0.470 e. The van der Waals surface area contributed by atoms with Gasteiger partial charge in [0, 0.05) is 29.7 Å². The maximum atomic E-state index is 12.7. The van der Waals surface area contributed by atoms with Crippen molar-refractivity contribution >= 4 is 17.4 Å². The number of alkyl halides is 3. The highest BCUT2D eigenvalue weighted by molar-refractivity contribution is 5.96. The Morgan fingerprint density at radius 2 is 1.66 bits per heavy atom. The first-order chi connectivity index (χ1) is 16.5. The molecule has 1 atom stereocenters. The maximum absolute atomic E-state index is 12.7. The van der Waals surface area contributed by atoms with Gasteiger partial charge < -0.3 is 14.8 Å². The number of aromatic nitrogens is 2. The topological polar surface area (TPSA) is 105 Å². The molecule has 0 spiro atoms. The molecule has 1 unspecified atom stereocenters. The van der Waals surface area contributed by atoms with E-state index in [-0.39, 0.29) is 30.6 Å². The third kappa shape index (κ3) is 7.40. The molecule has 0 aliphatic rings. The van der Waals surface area contributed by atoms with Gasteiger partial charge in [-0.3, -0.25) is 9.59 Å². The number of nitrogens with zero attached hydrogens (tertiary/aromatic N) is 2. The number of halogens is 3. The van der Waals surface area contributed by atoms with Crippen LogP contribution in [0.25, 0.3) is 11.5 Å². The molecule has 3 rings (SSSR count). The number of hydrogen-bond acceptors (Lipinski definition) is 6. The van der Waals surface area contributed by atoms with Crippen molar-refractivity contribution in [2.45, 2.75) is 51.7 Å². The molecule has 0 radical (unpaired) electrons. The van der Waals surface area contributed by atoms with Gasteiger partial charge in [-0.25, -0.2) is 0 Å². The summed E-state index contributed by atoms with van der Waals surface area (Å²) in [5, 5.41) is 18.7. The summed E-state index contributed by atoms with van der Waals surface area (Å²) in [7, 11) is 0. The van der Waals surface area contributed by atoms with E-state index >= 15 is 0 Å². The number of Topliss-reactive ketones (excluding diaryl/α,β-unsaturated/α-hetero) is 1. The summed E-state index contributed by atoms with van der Waals surface area (Å²) in [4.78, 5) is 22.9. The number of benzene rings is 2. The fourth-order valence-corrected chi connectivity index (χ4v) is 3.56. The number of anilines is 1. The van der Waals surface area contributed by atoms with Crippen LogP contribution in [-0.4, -0.2) is 27.1 Å². The van der Waals surface area contributed by atoms with Gasteiger partial charge in [-0.05, 0) is 60.7 Å². The zero-order valence-corrected chi connectivity index (χ0v) is 19.3. The molecule has 0 fully saturated rings. The molecule has 10 heteroatoms. The van der Waals surface area contributed by atoms with Crippen LogP contribution in [0.4, 0.5) is 18.9 Å². The molecule has 0 saturated carbocycles. The molecule has 7 nitrogen and oxygen atoms in total. The smallest absolute Gasteiger partial charge is 0.470 e. The van der Waals surface area contributed by atoms with Gasteiger partial charge in [-0.15, -0.1) is 10.2 Å². The van der Waals surface area contributed by atoms with E-state index < -0.39 is 18.0 Å². The molecule has 2 aromatic carbocycles. The van der Waals surface area contributed by atoms with Gasteiger partial charge in [0.05, 0.1) is 6.04 Å². The van der Waals surface area contributed by atoms with Crippen molar-refractivity contribution in [3.63, 3.8) is 0 Å². The van der Waals surface area contributed by atoms with Crippen LogP contribution in [-0.2, 0) is 11.0 Å². The van der Waals surface area contributed by atoms with Crippen molar-refractivity contribution in [2.75, 3.05) is 5.32 Å². The second kappa shape index (κ2) is 11.2. The molecule has 0 saturated heterocycles. The number of carbonyl (C=O) groups is 2. The van der Waals surface area contributed by atoms with E-state index in [1.54, 1.807) is 48.5 Å². The SMILES string of the molecule is CC(C)CC(Nc1ccc(C(=O)CCCC(=O)O)cc1)c1ccc(-c2nnc(C(F)(F)F)o2)cc1. The predicted octanol–water partition coefficient (Wildman–Crippen LogP) is 6.39. The lowest BCUT2D eigenvalue weighted by Crippen LogP contribution is -2.13. The Kier molecular flexibility index (Phi) is 8.26. The van der Waals surface area contributed by atoms with Crippen LogP contribution in [0.1, 0.15) is 67.4 Å². The molecule has 1 aromatic heterocycles. The summed E-state index contributed by atoms with van der Waals surface area (Å²) in [5.74, 6) is -2.28. The van der Waals surface area contributed by atoms with Crippen molar-refractivity contribution in [1.29, 1.82) is 0 Å². The zero-order valence-electron chi connectivity index (χ0n) is 19.3. The summed E-state index contributed by atoms with van der Waals surface area (Å²) in [6.45, 7) is 4.16. The Bertz CT molecular complexity index is 1140. The van der Waals surface area contributed by atoms with E-state index in [0.29, 0.717) is 23.5 Å². The van der Waals surface area contributed by atoms with Crippen LogP contribution in [0, 0.1) is 5.92 Å². The summed E-state index contributed by atoms with van der Waals surface area (Å²) >= 11 is 0. The zero-order chi connectivity index (χ0) is 25.6. The number of nitrogens with one attached hydrogen (secondary N) is 1. The standard InChI is InChI=1S/C25H26F3N3O4/c1-15(2)14-20(29-19-12-10-17(11-13-19)21(32)4-3-5-22(33)34)16-6-8-18(9-7-16)23-30-31-24(35-23)25(26,27)28/h6-13,15,20,29H,3-5,14H2,1-2H3,(H,33,34). The average Bonchev–Trinajstić information content (AvgIpc) is 3.30. The van der Waals surface area contributed by atoms with Crippen molar-refractivity contribution in [3.8, 4) is 11.5 Å². The van der Waals surface area contributed by atoms with Crippen LogP contribution in [0.2, 0.25) is 0 Å². The first kappa shape index (κ1) is 25.9. The summed E-state index contributed by atoms with van der Waals surface area (Å²) in [5.41, 5.74) is 2.62. The van der Waals surface area contributed by atoms with Gasteiger partial charge in [-0.2, -0.15) is 13.2 Å². The Hall–Kier alpha value is -3.69. The lowest BCUT2D eigenvalue weighted by atomic mass is 9.95. The van der Waals surface area contributed by atoms with E-state index in [4.69, 9.17) is 9.52 Å². The van der Waals surface area contributed by atoms with E-state index in [0.717, 1.165) is 17.7 Å². The number of carboxylic acids is 1. The molecular weight excluding hydrogens is 463 g/mol. The summed E-state index contributed by atoms with van der Waals surface area (Å²) in [6, 6.07) is 13.8. The number of carbonyl (C=O) groups excluding carboxylic acids is 1. The highest BCUT2D eigenvalue weighted by Gasteiger charge is 2.38. The second-order valence-corrected chi connectivity index (χ2v) is 8.61. The van der Waals surface area contributed by atoms with Crippen molar-refractivity contribution < 1.29 is 32.3 Å². The second-order valence-electron chi connectivity index (χ2n) is 8.61.